The molecule has 7 heteroatoms. The topological polar surface area (TPSA) is 76.2 Å². The van der Waals surface area contributed by atoms with E-state index in [0.717, 1.165) is 0 Å². The smallest absolute Gasteiger partial charge is 0.340 e. The van der Waals surface area contributed by atoms with E-state index in [-0.39, 0.29) is 0 Å². The molecule has 0 saturated carbocycles. The van der Waals surface area contributed by atoms with E-state index in [1.54, 1.807) is 0 Å². The molecular weight excluding hydrogens is 201 g/mol. The standard InChI is InChI=1S/C7H5F3N2O2/c8-4-2(11)1-12-5(6(9)10)3(4)7(13)14/h1,6H,11H2,(H,13,14). The van der Waals surface area contributed by atoms with Crippen LogP contribution in [0.25, 0.3) is 0 Å². The van der Waals surface area contributed by atoms with Gasteiger partial charge in [0.25, 0.3) is 6.43 Å². The van der Waals surface area contributed by atoms with Crippen molar-refractivity contribution in [3.8, 4) is 0 Å². The number of carbonyl (C=O) groups is 1. The summed E-state index contributed by atoms with van der Waals surface area (Å²) in [6.07, 6.45) is -2.50. The van der Waals surface area contributed by atoms with Crippen LogP contribution in [-0.4, -0.2) is 16.1 Å². The number of aromatic carboxylic acids is 1. The Hall–Kier alpha value is -1.79. The maximum atomic E-state index is 13.0. The highest BCUT2D eigenvalue weighted by atomic mass is 19.3. The Morgan fingerprint density at radius 1 is 1.57 bits per heavy atom. The van der Waals surface area contributed by atoms with Crippen molar-refractivity contribution in [3.05, 3.63) is 23.3 Å². The normalized spacial score (nSPS) is 10.6. The van der Waals surface area contributed by atoms with E-state index in [1.165, 1.54) is 0 Å². The Labute approximate surface area is 76.2 Å². The van der Waals surface area contributed by atoms with Crippen LogP contribution in [0.3, 0.4) is 0 Å². The second-order valence-electron chi connectivity index (χ2n) is 2.39. The largest absolute Gasteiger partial charge is 0.478 e. The van der Waals surface area contributed by atoms with E-state index in [2.05, 4.69) is 4.98 Å². The molecule has 0 bridgehead atoms. The first-order valence-corrected chi connectivity index (χ1v) is 3.40. The fourth-order valence-corrected chi connectivity index (χ4v) is 0.886. The van der Waals surface area contributed by atoms with Gasteiger partial charge in [-0.1, -0.05) is 0 Å². The molecule has 0 aliphatic heterocycles. The van der Waals surface area contributed by atoms with E-state index in [9.17, 15) is 18.0 Å². The van der Waals surface area contributed by atoms with Crippen molar-refractivity contribution < 1.29 is 23.1 Å². The molecule has 0 aromatic carbocycles. The fourth-order valence-electron chi connectivity index (χ4n) is 0.886. The summed E-state index contributed by atoms with van der Waals surface area (Å²) in [4.78, 5) is 13.5. The third-order valence-corrected chi connectivity index (χ3v) is 1.49. The summed E-state index contributed by atoms with van der Waals surface area (Å²) in [6.45, 7) is 0. The summed E-state index contributed by atoms with van der Waals surface area (Å²) < 4.78 is 37.3. The number of carboxylic acids is 1. The van der Waals surface area contributed by atoms with Gasteiger partial charge in [0.1, 0.15) is 11.3 Å². The molecule has 0 atom stereocenters. The molecule has 0 amide bonds. The second-order valence-corrected chi connectivity index (χ2v) is 2.39. The van der Waals surface area contributed by atoms with Crippen molar-refractivity contribution in [2.24, 2.45) is 0 Å². The molecule has 0 aliphatic rings. The molecule has 1 aromatic rings. The van der Waals surface area contributed by atoms with Crippen LogP contribution in [0, 0.1) is 5.82 Å². The average molecular weight is 206 g/mol. The van der Waals surface area contributed by atoms with E-state index in [0.29, 0.717) is 6.20 Å². The molecule has 0 spiro atoms. The van der Waals surface area contributed by atoms with Crippen molar-refractivity contribution in [3.63, 3.8) is 0 Å². The number of nitrogen functional groups attached to an aromatic ring is 1. The predicted octanol–water partition coefficient (Wildman–Crippen LogP) is 1.44. The monoisotopic (exact) mass is 206 g/mol. The summed E-state index contributed by atoms with van der Waals surface area (Å²) in [5.41, 5.74) is 2.10. The minimum atomic E-state index is -3.16. The number of nitrogens with zero attached hydrogens (tertiary/aromatic N) is 1. The summed E-state index contributed by atoms with van der Waals surface area (Å²) in [5, 5.41) is 8.45. The van der Waals surface area contributed by atoms with Crippen molar-refractivity contribution in [1.82, 2.24) is 4.98 Å². The molecule has 76 valence electrons. The number of halogens is 3. The molecule has 1 rings (SSSR count). The van der Waals surface area contributed by atoms with Gasteiger partial charge in [-0.3, -0.25) is 4.98 Å². The maximum Gasteiger partial charge on any atom is 0.340 e. The highest BCUT2D eigenvalue weighted by Gasteiger charge is 2.25. The lowest BCUT2D eigenvalue weighted by Gasteiger charge is -2.06. The van der Waals surface area contributed by atoms with Gasteiger partial charge in [0.05, 0.1) is 11.9 Å². The average Bonchev–Trinajstić information content (AvgIpc) is 2.08. The molecule has 0 fully saturated rings. The molecular formula is C7H5F3N2O2. The number of carboxylic acid groups (broad SMARTS) is 1. The first-order valence-electron chi connectivity index (χ1n) is 3.40. The van der Waals surface area contributed by atoms with Gasteiger partial charge < -0.3 is 10.8 Å². The summed E-state index contributed by atoms with van der Waals surface area (Å²) in [7, 11) is 0. The Balaban J connectivity index is 3.45. The first kappa shape index (κ1) is 10.3. The van der Waals surface area contributed by atoms with Gasteiger partial charge in [0.2, 0.25) is 0 Å². The SMILES string of the molecule is Nc1cnc(C(F)F)c(C(=O)O)c1F. The fraction of sp³-hybridized carbons (Fsp3) is 0.143. The van der Waals surface area contributed by atoms with Gasteiger partial charge >= 0.3 is 5.97 Å². The van der Waals surface area contributed by atoms with Gasteiger partial charge in [-0.25, -0.2) is 18.0 Å². The Morgan fingerprint density at radius 2 is 2.14 bits per heavy atom. The van der Waals surface area contributed by atoms with Crippen molar-refractivity contribution in [2.75, 3.05) is 5.73 Å². The zero-order valence-electron chi connectivity index (χ0n) is 6.67. The number of nitrogens with two attached hydrogens (primary N) is 1. The second kappa shape index (κ2) is 3.52. The molecule has 0 saturated heterocycles. The quantitative estimate of drug-likeness (QED) is 0.767. The third kappa shape index (κ3) is 1.61. The van der Waals surface area contributed by atoms with Crippen molar-refractivity contribution >= 4 is 11.7 Å². The Bertz CT molecular complexity index is 381. The zero-order chi connectivity index (χ0) is 10.9. The molecule has 0 aliphatic carbocycles. The van der Waals surface area contributed by atoms with Crippen LogP contribution in [0.2, 0.25) is 0 Å². The number of alkyl halides is 2. The van der Waals surface area contributed by atoms with Gasteiger partial charge in [-0.2, -0.15) is 0 Å². The van der Waals surface area contributed by atoms with E-state index in [1.807, 2.05) is 0 Å². The molecule has 1 aromatic heterocycles. The zero-order valence-corrected chi connectivity index (χ0v) is 6.67. The van der Waals surface area contributed by atoms with Crippen LogP contribution in [0.4, 0.5) is 18.9 Å². The summed E-state index contributed by atoms with van der Waals surface area (Å²) in [5.74, 6) is -3.21. The highest BCUT2D eigenvalue weighted by molar-refractivity contribution is 5.90. The van der Waals surface area contributed by atoms with Crippen LogP contribution >= 0.6 is 0 Å². The summed E-state index contributed by atoms with van der Waals surface area (Å²) >= 11 is 0. The Kier molecular flexibility index (Phi) is 2.59. The van der Waals surface area contributed by atoms with Gasteiger partial charge in [-0.05, 0) is 0 Å². The number of hydrogen-bond donors (Lipinski definition) is 2. The first-order chi connectivity index (χ1) is 6.45. The number of anilines is 1. The molecule has 0 radical (unpaired) electrons. The minimum absolute atomic E-state index is 0.577. The molecule has 4 nitrogen and oxygen atoms in total. The van der Waals surface area contributed by atoms with Gasteiger partial charge in [0, 0.05) is 0 Å². The number of hydrogen-bond acceptors (Lipinski definition) is 3. The number of rotatable bonds is 2. The lowest BCUT2D eigenvalue weighted by atomic mass is 10.1. The predicted molar refractivity (Wildman–Crippen MR) is 40.5 cm³/mol. The summed E-state index contributed by atoms with van der Waals surface area (Å²) in [6, 6.07) is 0. The van der Waals surface area contributed by atoms with Crippen LogP contribution in [0.5, 0.6) is 0 Å². The van der Waals surface area contributed by atoms with Gasteiger partial charge in [0.15, 0.2) is 5.82 Å². The van der Waals surface area contributed by atoms with E-state index >= 15 is 0 Å². The van der Waals surface area contributed by atoms with Crippen molar-refractivity contribution in [2.45, 2.75) is 6.43 Å². The third-order valence-electron chi connectivity index (χ3n) is 1.49. The molecule has 0 unspecified atom stereocenters. The van der Waals surface area contributed by atoms with Crippen LogP contribution in [0.15, 0.2) is 6.20 Å². The van der Waals surface area contributed by atoms with Crippen LogP contribution in [0.1, 0.15) is 22.5 Å². The molecule has 14 heavy (non-hydrogen) atoms. The lowest BCUT2D eigenvalue weighted by Crippen LogP contribution is -2.11. The number of aromatic nitrogens is 1. The minimum Gasteiger partial charge on any atom is -0.478 e. The van der Waals surface area contributed by atoms with Gasteiger partial charge in [-0.15, -0.1) is 0 Å². The molecule has 1 heterocycles. The maximum absolute atomic E-state index is 13.0. The van der Waals surface area contributed by atoms with E-state index < -0.39 is 35.2 Å². The van der Waals surface area contributed by atoms with Crippen molar-refractivity contribution in [1.29, 1.82) is 0 Å². The molecule has 3 N–H and O–H groups in total. The van der Waals surface area contributed by atoms with Crippen LogP contribution < -0.4 is 5.73 Å². The number of pyridine rings is 1. The lowest BCUT2D eigenvalue weighted by molar-refractivity contribution is 0.0676. The van der Waals surface area contributed by atoms with Crippen LogP contribution in [-0.2, 0) is 0 Å². The van der Waals surface area contributed by atoms with E-state index in [4.69, 9.17) is 10.8 Å². The highest BCUT2D eigenvalue weighted by Crippen LogP contribution is 2.25. The Morgan fingerprint density at radius 3 is 2.57 bits per heavy atom.